The van der Waals surface area contributed by atoms with Crippen LogP contribution in [0.15, 0.2) is 253 Å². The fourth-order valence-corrected chi connectivity index (χ4v) is 9.37. The fraction of sp³-hybridized carbons (Fsp3) is 0. The Morgan fingerprint density at radius 3 is 1.30 bits per heavy atom. The van der Waals surface area contributed by atoms with E-state index in [1.807, 2.05) is 6.07 Å². The number of anilines is 3. The zero-order valence-corrected chi connectivity index (χ0v) is 35.0. The van der Waals surface area contributed by atoms with E-state index >= 15 is 0 Å². The average Bonchev–Trinajstić information content (AvgIpc) is 3.76. The number of hydrogen-bond acceptors (Lipinski definition) is 2. The van der Waals surface area contributed by atoms with Crippen molar-refractivity contribution < 1.29 is 4.42 Å². The summed E-state index contributed by atoms with van der Waals surface area (Å²) in [6, 6.07) is 89.6. The zero-order valence-electron chi connectivity index (χ0n) is 35.0. The van der Waals surface area contributed by atoms with E-state index in [4.69, 9.17) is 4.42 Å². The Kier molecular flexibility index (Phi) is 9.20. The molecule has 300 valence electrons. The van der Waals surface area contributed by atoms with Crippen molar-refractivity contribution >= 4 is 60.5 Å². The predicted octanol–water partition coefficient (Wildman–Crippen LogP) is 17.7. The van der Waals surface area contributed by atoms with Crippen molar-refractivity contribution in [2.75, 3.05) is 4.90 Å². The van der Waals surface area contributed by atoms with Crippen molar-refractivity contribution in [1.82, 2.24) is 0 Å². The van der Waals surface area contributed by atoms with Gasteiger partial charge in [0.2, 0.25) is 0 Å². The molecule has 12 rings (SSSR count). The maximum Gasteiger partial charge on any atom is 0.143 e. The van der Waals surface area contributed by atoms with Crippen LogP contribution in [0.25, 0.3) is 99.1 Å². The number of fused-ring (bicyclic) bond motifs is 6. The van der Waals surface area contributed by atoms with Crippen molar-refractivity contribution in [2.45, 2.75) is 0 Å². The highest BCUT2D eigenvalue weighted by Crippen LogP contribution is 2.41. The molecular weight excluding hydrogens is 775 g/mol. The predicted molar refractivity (Wildman–Crippen MR) is 271 cm³/mol. The molecule has 1 heterocycles. The molecule has 0 spiro atoms. The van der Waals surface area contributed by atoms with E-state index in [9.17, 15) is 0 Å². The first-order chi connectivity index (χ1) is 31.7. The molecule has 2 heteroatoms. The molecule has 0 atom stereocenters. The molecule has 0 radical (unpaired) electrons. The molecule has 0 amide bonds. The Bertz CT molecular complexity index is 3630. The molecule has 0 fully saturated rings. The lowest BCUT2D eigenvalue weighted by atomic mass is 9.97. The highest BCUT2D eigenvalue weighted by atomic mass is 16.3. The molecule has 0 saturated heterocycles. The molecule has 0 saturated carbocycles. The molecule has 0 aliphatic heterocycles. The number of para-hydroxylation sites is 1. The quantitative estimate of drug-likeness (QED) is 0.142. The number of nitrogens with zero attached hydrogens (tertiary/aromatic N) is 1. The standard InChI is InChI=1S/C62H41NO/c1-3-11-42(12-4-1)49-16-9-17-50(39-49)43-25-32-53(33-26-43)63(54-34-27-44(28-35-54)51-24-23-48-22-21-47-15-7-8-18-56(47)59(48)40-51)55-36-29-45(30-37-55)52-31-38-61-60(41-52)58-20-10-19-57(62(58)64-61)46-13-5-2-6-14-46/h1-41H. The first-order valence-corrected chi connectivity index (χ1v) is 21.9. The highest BCUT2D eigenvalue weighted by molar-refractivity contribution is 6.11. The van der Waals surface area contributed by atoms with Crippen LogP contribution in [0.1, 0.15) is 0 Å². The molecule has 11 aromatic carbocycles. The maximum atomic E-state index is 6.51. The molecule has 12 aromatic rings. The van der Waals surface area contributed by atoms with Crippen molar-refractivity contribution in [1.29, 1.82) is 0 Å². The van der Waals surface area contributed by atoms with E-state index in [2.05, 4.69) is 248 Å². The summed E-state index contributed by atoms with van der Waals surface area (Å²) < 4.78 is 6.51. The summed E-state index contributed by atoms with van der Waals surface area (Å²) in [5.41, 5.74) is 16.8. The third-order valence-corrected chi connectivity index (χ3v) is 12.7. The van der Waals surface area contributed by atoms with Crippen LogP contribution in [0.4, 0.5) is 17.1 Å². The molecule has 64 heavy (non-hydrogen) atoms. The van der Waals surface area contributed by atoms with Crippen molar-refractivity contribution in [3.63, 3.8) is 0 Å². The monoisotopic (exact) mass is 815 g/mol. The Balaban J connectivity index is 0.908. The lowest BCUT2D eigenvalue weighted by Crippen LogP contribution is -2.09. The van der Waals surface area contributed by atoms with E-state index in [1.54, 1.807) is 0 Å². The minimum Gasteiger partial charge on any atom is -0.455 e. The zero-order chi connectivity index (χ0) is 42.4. The van der Waals surface area contributed by atoms with Gasteiger partial charge in [0, 0.05) is 33.4 Å². The molecule has 0 aliphatic rings. The number of benzene rings is 11. The normalized spacial score (nSPS) is 11.4. The molecule has 2 nitrogen and oxygen atoms in total. The second-order valence-electron chi connectivity index (χ2n) is 16.5. The van der Waals surface area contributed by atoms with Crippen molar-refractivity contribution in [3.8, 4) is 55.6 Å². The lowest BCUT2D eigenvalue weighted by molar-refractivity contribution is 0.670. The van der Waals surface area contributed by atoms with Gasteiger partial charge in [0.15, 0.2) is 0 Å². The second kappa shape index (κ2) is 15.8. The van der Waals surface area contributed by atoms with Gasteiger partial charge in [0.05, 0.1) is 0 Å². The molecule has 0 unspecified atom stereocenters. The van der Waals surface area contributed by atoms with Crippen LogP contribution in [-0.2, 0) is 0 Å². The summed E-state index contributed by atoms with van der Waals surface area (Å²) >= 11 is 0. The number of rotatable bonds is 8. The third-order valence-electron chi connectivity index (χ3n) is 12.7. The third kappa shape index (κ3) is 6.79. The Morgan fingerprint density at radius 2 is 0.672 bits per heavy atom. The van der Waals surface area contributed by atoms with Gasteiger partial charge in [-0.2, -0.15) is 0 Å². The minimum absolute atomic E-state index is 0.889. The van der Waals surface area contributed by atoms with Crippen LogP contribution in [0.2, 0.25) is 0 Å². The minimum atomic E-state index is 0.889. The Labute approximate surface area is 372 Å². The van der Waals surface area contributed by atoms with Gasteiger partial charge in [0.1, 0.15) is 11.2 Å². The van der Waals surface area contributed by atoms with E-state index in [-0.39, 0.29) is 0 Å². The van der Waals surface area contributed by atoms with Gasteiger partial charge in [-0.25, -0.2) is 0 Å². The van der Waals surface area contributed by atoms with Crippen molar-refractivity contribution in [3.05, 3.63) is 249 Å². The van der Waals surface area contributed by atoms with Crippen molar-refractivity contribution in [2.24, 2.45) is 0 Å². The average molecular weight is 816 g/mol. The SMILES string of the molecule is c1ccc(-c2cccc(-c3ccc(N(c4ccc(-c5ccc6ccc7ccccc7c6c5)cc4)c4ccc(-c5ccc6oc7c(-c8ccccc8)cccc7c6c5)cc4)cc3)c2)cc1. The fourth-order valence-electron chi connectivity index (χ4n) is 9.37. The molecule has 0 aliphatic carbocycles. The number of furan rings is 1. The van der Waals surface area contributed by atoms with Gasteiger partial charge in [-0.05, 0) is 132 Å². The highest BCUT2D eigenvalue weighted by Gasteiger charge is 2.16. The summed E-state index contributed by atoms with van der Waals surface area (Å²) in [5.74, 6) is 0. The maximum absolute atomic E-state index is 6.51. The van der Waals surface area contributed by atoms with E-state index < -0.39 is 0 Å². The van der Waals surface area contributed by atoms with Gasteiger partial charge in [0.25, 0.3) is 0 Å². The van der Waals surface area contributed by atoms with Crippen LogP contribution in [0, 0.1) is 0 Å². The topological polar surface area (TPSA) is 16.4 Å². The van der Waals surface area contributed by atoms with E-state index in [0.29, 0.717) is 0 Å². The van der Waals surface area contributed by atoms with Gasteiger partial charge < -0.3 is 9.32 Å². The number of hydrogen-bond donors (Lipinski definition) is 0. The summed E-state index contributed by atoms with van der Waals surface area (Å²) in [6.45, 7) is 0. The second-order valence-corrected chi connectivity index (χ2v) is 16.5. The molecule has 0 bridgehead atoms. The molecular formula is C62H41NO. The molecule has 1 aromatic heterocycles. The summed E-state index contributed by atoms with van der Waals surface area (Å²) in [4.78, 5) is 2.35. The van der Waals surface area contributed by atoms with Crippen LogP contribution < -0.4 is 4.90 Å². The van der Waals surface area contributed by atoms with Crippen LogP contribution in [-0.4, -0.2) is 0 Å². The summed E-state index contributed by atoms with van der Waals surface area (Å²) in [6.07, 6.45) is 0. The van der Waals surface area contributed by atoms with Gasteiger partial charge >= 0.3 is 0 Å². The smallest absolute Gasteiger partial charge is 0.143 e. The first kappa shape index (κ1) is 37.3. The lowest BCUT2D eigenvalue weighted by Gasteiger charge is -2.26. The Hall–Kier alpha value is -8.46. The molecule has 0 N–H and O–H groups in total. The largest absolute Gasteiger partial charge is 0.455 e. The van der Waals surface area contributed by atoms with Gasteiger partial charge in [-0.3, -0.25) is 0 Å². The van der Waals surface area contributed by atoms with E-state index in [0.717, 1.165) is 61.3 Å². The van der Waals surface area contributed by atoms with Crippen LogP contribution in [0.3, 0.4) is 0 Å². The van der Waals surface area contributed by atoms with Gasteiger partial charge in [-0.1, -0.05) is 188 Å². The van der Waals surface area contributed by atoms with Gasteiger partial charge in [-0.15, -0.1) is 0 Å². The van der Waals surface area contributed by atoms with E-state index in [1.165, 1.54) is 54.9 Å². The summed E-state index contributed by atoms with van der Waals surface area (Å²) in [5, 5.41) is 7.29. The Morgan fingerprint density at radius 1 is 0.250 bits per heavy atom. The summed E-state index contributed by atoms with van der Waals surface area (Å²) in [7, 11) is 0. The van der Waals surface area contributed by atoms with Crippen LogP contribution >= 0.6 is 0 Å². The van der Waals surface area contributed by atoms with Crippen LogP contribution in [0.5, 0.6) is 0 Å². The first-order valence-electron chi connectivity index (χ1n) is 21.9.